The van der Waals surface area contributed by atoms with E-state index >= 15 is 0 Å². The summed E-state index contributed by atoms with van der Waals surface area (Å²) in [6.45, 7) is 6.71. The first kappa shape index (κ1) is 20.7. The Labute approximate surface area is 173 Å². The van der Waals surface area contributed by atoms with Gasteiger partial charge in [0.15, 0.2) is 0 Å². The molecule has 0 saturated carbocycles. The summed E-state index contributed by atoms with van der Waals surface area (Å²) in [4.78, 5) is 17.6. The fourth-order valence-corrected chi connectivity index (χ4v) is 3.68. The van der Waals surface area contributed by atoms with Crippen molar-refractivity contribution in [3.05, 3.63) is 64.7 Å². The SMILES string of the molecule is COc1cccc(C(=O)N(CCN2CCC(C)CC2)Cc2ccc(Cl)cc2)c1. The zero-order valence-electron chi connectivity index (χ0n) is 16.7. The number of rotatable bonds is 7. The summed E-state index contributed by atoms with van der Waals surface area (Å²) >= 11 is 6.01. The van der Waals surface area contributed by atoms with E-state index in [0.29, 0.717) is 29.4 Å². The van der Waals surface area contributed by atoms with Gasteiger partial charge in [0, 0.05) is 30.2 Å². The number of amides is 1. The molecule has 1 heterocycles. The maximum Gasteiger partial charge on any atom is 0.254 e. The summed E-state index contributed by atoms with van der Waals surface area (Å²) in [6.07, 6.45) is 2.47. The van der Waals surface area contributed by atoms with Crippen LogP contribution in [0.2, 0.25) is 5.02 Å². The van der Waals surface area contributed by atoms with E-state index in [1.165, 1.54) is 12.8 Å². The Morgan fingerprint density at radius 3 is 2.57 bits per heavy atom. The van der Waals surface area contributed by atoms with Gasteiger partial charge >= 0.3 is 0 Å². The number of hydrogen-bond acceptors (Lipinski definition) is 3. The van der Waals surface area contributed by atoms with E-state index in [2.05, 4.69) is 11.8 Å². The van der Waals surface area contributed by atoms with Crippen molar-refractivity contribution in [1.29, 1.82) is 0 Å². The number of likely N-dealkylation sites (tertiary alicyclic amines) is 1. The monoisotopic (exact) mass is 400 g/mol. The van der Waals surface area contributed by atoms with Crippen LogP contribution >= 0.6 is 11.6 Å². The number of nitrogens with zero attached hydrogens (tertiary/aromatic N) is 2. The molecule has 1 saturated heterocycles. The maximum absolute atomic E-state index is 13.2. The van der Waals surface area contributed by atoms with Crippen molar-refractivity contribution in [1.82, 2.24) is 9.80 Å². The summed E-state index contributed by atoms with van der Waals surface area (Å²) in [5.74, 6) is 1.53. The molecule has 0 atom stereocenters. The average Bonchev–Trinajstić information content (AvgIpc) is 2.73. The van der Waals surface area contributed by atoms with Gasteiger partial charge in [0.05, 0.1) is 7.11 Å². The van der Waals surface area contributed by atoms with Crippen LogP contribution in [0.15, 0.2) is 48.5 Å². The summed E-state index contributed by atoms with van der Waals surface area (Å²) in [5.41, 5.74) is 1.73. The van der Waals surface area contributed by atoms with Gasteiger partial charge in [-0.1, -0.05) is 36.7 Å². The van der Waals surface area contributed by atoms with Gasteiger partial charge in [0.1, 0.15) is 5.75 Å². The molecule has 0 aliphatic carbocycles. The van der Waals surface area contributed by atoms with E-state index in [9.17, 15) is 4.79 Å². The first-order valence-electron chi connectivity index (χ1n) is 9.95. The molecule has 5 heteroatoms. The Hall–Kier alpha value is -2.04. The minimum absolute atomic E-state index is 0.0271. The number of carbonyl (C=O) groups excluding carboxylic acids is 1. The second kappa shape index (κ2) is 9.94. The number of halogens is 1. The van der Waals surface area contributed by atoms with E-state index in [-0.39, 0.29) is 5.91 Å². The number of piperidine rings is 1. The zero-order valence-corrected chi connectivity index (χ0v) is 17.5. The van der Waals surface area contributed by atoms with Crippen molar-refractivity contribution in [2.75, 3.05) is 33.3 Å². The van der Waals surface area contributed by atoms with Crippen LogP contribution in [0.4, 0.5) is 0 Å². The Balaban J connectivity index is 1.72. The van der Waals surface area contributed by atoms with E-state index in [4.69, 9.17) is 16.3 Å². The Morgan fingerprint density at radius 2 is 1.89 bits per heavy atom. The summed E-state index contributed by atoms with van der Waals surface area (Å²) < 4.78 is 5.29. The van der Waals surface area contributed by atoms with Crippen LogP contribution < -0.4 is 4.74 Å². The molecular formula is C23H29ClN2O2. The van der Waals surface area contributed by atoms with Crippen molar-refractivity contribution in [2.24, 2.45) is 5.92 Å². The van der Waals surface area contributed by atoms with Crippen molar-refractivity contribution in [3.63, 3.8) is 0 Å². The minimum Gasteiger partial charge on any atom is -0.497 e. The van der Waals surface area contributed by atoms with E-state index < -0.39 is 0 Å². The van der Waals surface area contributed by atoms with E-state index in [0.717, 1.165) is 31.1 Å². The Bertz CT molecular complexity index is 770. The van der Waals surface area contributed by atoms with Gasteiger partial charge in [-0.3, -0.25) is 4.79 Å². The standard InChI is InChI=1S/C23H29ClN2O2/c1-18-10-12-25(13-11-18)14-15-26(17-19-6-8-21(24)9-7-19)23(27)20-4-3-5-22(16-20)28-2/h3-9,16,18H,10-15,17H2,1-2H3. The normalized spacial score (nSPS) is 15.4. The highest BCUT2D eigenvalue weighted by Gasteiger charge is 2.20. The molecule has 3 rings (SSSR count). The predicted molar refractivity (Wildman–Crippen MR) is 114 cm³/mol. The maximum atomic E-state index is 13.2. The molecule has 150 valence electrons. The third-order valence-corrected chi connectivity index (χ3v) is 5.70. The molecule has 0 aromatic heterocycles. The van der Waals surface area contributed by atoms with Gasteiger partial charge in [-0.2, -0.15) is 0 Å². The molecule has 1 amide bonds. The van der Waals surface area contributed by atoms with E-state index in [1.54, 1.807) is 13.2 Å². The lowest BCUT2D eigenvalue weighted by atomic mass is 9.99. The highest BCUT2D eigenvalue weighted by Crippen LogP contribution is 2.19. The molecule has 1 fully saturated rings. The van der Waals surface area contributed by atoms with E-state index in [1.807, 2.05) is 47.4 Å². The number of hydrogen-bond donors (Lipinski definition) is 0. The molecule has 0 radical (unpaired) electrons. The molecule has 28 heavy (non-hydrogen) atoms. The lowest BCUT2D eigenvalue weighted by Crippen LogP contribution is -2.41. The van der Waals surface area contributed by atoms with Crippen LogP contribution in [0.25, 0.3) is 0 Å². The van der Waals surface area contributed by atoms with Gasteiger partial charge in [0.2, 0.25) is 0 Å². The van der Waals surface area contributed by atoms with Gasteiger partial charge in [-0.15, -0.1) is 0 Å². The van der Waals surface area contributed by atoms with Crippen molar-refractivity contribution in [3.8, 4) is 5.75 Å². The number of carbonyl (C=O) groups is 1. The predicted octanol–water partition coefficient (Wildman–Crippen LogP) is 4.72. The Morgan fingerprint density at radius 1 is 1.18 bits per heavy atom. The topological polar surface area (TPSA) is 32.8 Å². The largest absolute Gasteiger partial charge is 0.497 e. The molecule has 4 nitrogen and oxygen atoms in total. The summed E-state index contributed by atoms with van der Waals surface area (Å²) in [5, 5.41) is 0.705. The van der Waals surface area contributed by atoms with Crippen LogP contribution in [-0.2, 0) is 6.54 Å². The molecule has 1 aliphatic heterocycles. The van der Waals surface area contributed by atoms with Crippen molar-refractivity contribution < 1.29 is 9.53 Å². The highest BCUT2D eigenvalue weighted by atomic mass is 35.5. The smallest absolute Gasteiger partial charge is 0.254 e. The number of methoxy groups -OCH3 is 1. The molecule has 2 aromatic carbocycles. The Kier molecular flexibility index (Phi) is 7.35. The van der Waals surface area contributed by atoms with Crippen LogP contribution in [-0.4, -0.2) is 49.0 Å². The third-order valence-electron chi connectivity index (χ3n) is 5.45. The number of benzene rings is 2. The molecule has 0 bridgehead atoms. The zero-order chi connectivity index (χ0) is 19.9. The van der Waals surface area contributed by atoms with Crippen molar-refractivity contribution >= 4 is 17.5 Å². The number of ether oxygens (including phenoxy) is 1. The third kappa shape index (κ3) is 5.73. The molecular weight excluding hydrogens is 372 g/mol. The van der Waals surface area contributed by atoms with Crippen LogP contribution in [0.3, 0.4) is 0 Å². The first-order valence-corrected chi connectivity index (χ1v) is 10.3. The van der Waals surface area contributed by atoms with Crippen LogP contribution in [0, 0.1) is 5.92 Å². The second-order valence-corrected chi connectivity index (χ2v) is 8.05. The average molecular weight is 401 g/mol. The van der Waals surface area contributed by atoms with Gasteiger partial charge in [-0.05, 0) is 67.7 Å². The van der Waals surface area contributed by atoms with Crippen molar-refractivity contribution in [2.45, 2.75) is 26.3 Å². The van der Waals surface area contributed by atoms with Gasteiger partial charge < -0.3 is 14.5 Å². The molecule has 1 aliphatic rings. The molecule has 0 spiro atoms. The lowest BCUT2D eigenvalue weighted by molar-refractivity contribution is 0.0709. The fraction of sp³-hybridized carbons (Fsp3) is 0.435. The molecule has 0 N–H and O–H groups in total. The second-order valence-electron chi connectivity index (χ2n) is 7.61. The molecule has 0 unspecified atom stereocenters. The summed E-state index contributed by atoms with van der Waals surface area (Å²) in [6, 6.07) is 15.1. The quantitative estimate of drug-likeness (QED) is 0.674. The minimum atomic E-state index is 0.0271. The van der Waals surface area contributed by atoms with Crippen LogP contribution in [0.1, 0.15) is 35.7 Å². The fourth-order valence-electron chi connectivity index (χ4n) is 3.55. The summed E-state index contributed by atoms with van der Waals surface area (Å²) in [7, 11) is 1.62. The first-order chi connectivity index (χ1) is 13.5. The highest BCUT2D eigenvalue weighted by molar-refractivity contribution is 6.30. The van der Waals surface area contributed by atoms with Gasteiger partial charge in [-0.25, -0.2) is 0 Å². The lowest BCUT2D eigenvalue weighted by Gasteiger charge is -2.32. The van der Waals surface area contributed by atoms with Crippen LogP contribution in [0.5, 0.6) is 5.75 Å². The van der Waals surface area contributed by atoms with Gasteiger partial charge in [0.25, 0.3) is 5.91 Å². The molecule has 2 aromatic rings.